The molecule has 0 bridgehead atoms. The molecule has 0 aliphatic heterocycles. The van der Waals surface area contributed by atoms with Crippen LogP contribution in [0.4, 0.5) is 14.5 Å². The Labute approximate surface area is 213 Å². The average molecular weight is 574 g/mol. The summed E-state index contributed by atoms with van der Waals surface area (Å²) in [5.41, 5.74) is 0.800. The van der Waals surface area contributed by atoms with Gasteiger partial charge in [-0.1, -0.05) is 35.0 Å². The fourth-order valence-electron chi connectivity index (χ4n) is 3.41. The Bertz CT molecular complexity index is 1130. The fourth-order valence-corrected chi connectivity index (χ4v) is 4.63. The molecule has 0 saturated carbocycles. The lowest BCUT2D eigenvalue weighted by molar-refractivity contribution is -0.140. The molecule has 2 rings (SSSR count). The van der Waals surface area contributed by atoms with E-state index in [0.29, 0.717) is 6.54 Å². The van der Waals surface area contributed by atoms with E-state index >= 15 is 0 Å². The minimum atomic E-state index is -3.81. The molecule has 2 aromatic rings. The smallest absolute Gasteiger partial charge is 0.242 e. The van der Waals surface area contributed by atoms with Gasteiger partial charge in [0.25, 0.3) is 0 Å². The summed E-state index contributed by atoms with van der Waals surface area (Å²) in [5, 5.41) is 2.79. The number of amides is 2. The van der Waals surface area contributed by atoms with Crippen LogP contribution in [0.3, 0.4) is 0 Å². The molecule has 192 valence electrons. The minimum absolute atomic E-state index is 0.0297. The molecule has 0 aliphatic carbocycles. The van der Waals surface area contributed by atoms with Gasteiger partial charge < -0.3 is 10.2 Å². The Morgan fingerprint density at radius 1 is 1.09 bits per heavy atom. The molecule has 0 unspecified atom stereocenters. The van der Waals surface area contributed by atoms with Gasteiger partial charge in [-0.2, -0.15) is 0 Å². The van der Waals surface area contributed by atoms with Crippen LogP contribution < -0.4 is 9.62 Å². The van der Waals surface area contributed by atoms with E-state index < -0.39 is 27.7 Å². The molecule has 2 amide bonds. The standard InChI is InChI=1S/C24H30BrF2N3O4S/c1-4-13-28-24(32)17(2)29(16-18-7-9-19(25)10-8-18)23(31)6-5-14-30(35(3,33)34)20-11-12-21(26)22(27)15-20/h7-12,15,17H,4-6,13-14,16H2,1-3H3,(H,28,32)/t17-/m0/s1. The molecule has 11 heteroatoms. The number of carbonyl (C=O) groups is 2. The maximum absolute atomic E-state index is 13.7. The summed E-state index contributed by atoms with van der Waals surface area (Å²) in [6.07, 6.45) is 1.78. The second kappa shape index (κ2) is 13.0. The van der Waals surface area contributed by atoms with Crippen molar-refractivity contribution in [3.8, 4) is 0 Å². The van der Waals surface area contributed by atoms with Crippen molar-refractivity contribution >= 4 is 43.5 Å². The van der Waals surface area contributed by atoms with E-state index in [1.807, 2.05) is 31.2 Å². The molecule has 0 aliphatic rings. The van der Waals surface area contributed by atoms with E-state index in [0.717, 1.165) is 39.2 Å². The number of sulfonamides is 1. The molecule has 7 nitrogen and oxygen atoms in total. The lowest BCUT2D eigenvalue weighted by Crippen LogP contribution is -2.47. The third-order valence-electron chi connectivity index (χ3n) is 5.33. The first kappa shape index (κ1) is 28.7. The maximum atomic E-state index is 13.7. The number of nitrogens with zero attached hydrogens (tertiary/aromatic N) is 2. The Kier molecular flexibility index (Phi) is 10.6. The number of nitrogens with one attached hydrogen (secondary N) is 1. The lowest BCUT2D eigenvalue weighted by atomic mass is 10.1. The van der Waals surface area contributed by atoms with Gasteiger partial charge >= 0.3 is 0 Å². The van der Waals surface area contributed by atoms with Crippen LogP contribution in [-0.4, -0.2) is 50.5 Å². The molecule has 0 heterocycles. The largest absolute Gasteiger partial charge is 0.354 e. The van der Waals surface area contributed by atoms with Gasteiger partial charge in [0.05, 0.1) is 11.9 Å². The number of halogens is 3. The van der Waals surface area contributed by atoms with Crippen molar-refractivity contribution in [3.63, 3.8) is 0 Å². The highest BCUT2D eigenvalue weighted by Crippen LogP contribution is 2.22. The van der Waals surface area contributed by atoms with Crippen LogP contribution in [0, 0.1) is 11.6 Å². The van der Waals surface area contributed by atoms with Crippen molar-refractivity contribution < 1.29 is 26.8 Å². The summed E-state index contributed by atoms with van der Waals surface area (Å²) >= 11 is 3.37. The first-order chi connectivity index (χ1) is 16.4. The summed E-state index contributed by atoms with van der Waals surface area (Å²) < 4.78 is 53.3. The van der Waals surface area contributed by atoms with Crippen molar-refractivity contribution in [3.05, 3.63) is 64.1 Å². The fraction of sp³-hybridized carbons (Fsp3) is 0.417. The highest BCUT2D eigenvalue weighted by atomic mass is 79.9. The molecule has 0 saturated heterocycles. The van der Waals surface area contributed by atoms with Crippen LogP contribution in [-0.2, 0) is 26.2 Å². The lowest BCUT2D eigenvalue weighted by Gasteiger charge is -2.29. The normalized spacial score (nSPS) is 12.2. The quantitative estimate of drug-likeness (QED) is 0.412. The summed E-state index contributed by atoms with van der Waals surface area (Å²) in [7, 11) is -3.81. The number of benzene rings is 2. The Balaban J connectivity index is 2.16. The highest BCUT2D eigenvalue weighted by molar-refractivity contribution is 9.10. The molecule has 0 aromatic heterocycles. The molecule has 2 aromatic carbocycles. The van der Waals surface area contributed by atoms with Crippen molar-refractivity contribution in [2.24, 2.45) is 0 Å². The van der Waals surface area contributed by atoms with Crippen LogP contribution in [0.25, 0.3) is 0 Å². The van der Waals surface area contributed by atoms with E-state index in [-0.39, 0.29) is 43.4 Å². The number of anilines is 1. The van der Waals surface area contributed by atoms with E-state index in [2.05, 4.69) is 21.2 Å². The van der Waals surface area contributed by atoms with Gasteiger partial charge in [-0.3, -0.25) is 13.9 Å². The van der Waals surface area contributed by atoms with Crippen molar-refractivity contribution in [1.82, 2.24) is 10.2 Å². The maximum Gasteiger partial charge on any atom is 0.242 e. The van der Waals surface area contributed by atoms with Crippen molar-refractivity contribution in [2.45, 2.75) is 45.7 Å². The number of hydrogen-bond donors (Lipinski definition) is 1. The zero-order valence-electron chi connectivity index (χ0n) is 19.9. The van der Waals surface area contributed by atoms with E-state index in [1.165, 1.54) is 11.0 Å². The van der Waals surface area contributed by atoms with Gasteiger partial charge in [0.15, 0.2) is 11.6 Å². The summed E-state index contributed by atoms with van der Waals surface area (Å²) in [6.45, 7) is 4.15. The topological polar surface area (TPSA) is 86.8 Å². The van der Waals surface area contributed by atoms with Gasteiger partial charge in [-0.15, -0.1) is 0 Å². The van der Waals surface area contributed by atoms with Gasteiger partial charge in [0.1, 0.15) is 6.04 Å². The monoisotopic (exact) mass is 573 g/mol. The Hall–Kier alpha value is -2.53. The van der Waals surface area contributed by atoms with Crippen LogP contribution in [0.2, 0.25) is 0 Å². The Morgan fingerprint density at radius 3 is 2.31 bits per heavy atom. The van der Waals surface area contributed by atoms with Crippen LogP contribution in [0.15, 0.2) is 46.9 Å². The van der Waals surface area contributed by atoms with Crippen molar-refractivity contribution in [2.75, 3.05) is 23.7 Å². The second-order valence-electron chi connectivity index (χ2n) is 8.15. The molecule has 35 heavy (non-hydrogen) atoms. The molecule has 0 spiro atoms. The zero-order chi connectivity index (χ0) is 26.2. The van der Waals surface area contributed by atoms with Gasteiger partial charge in [0, 0.05) is 36.6 Å². The van der Waals surface area contributed by atoms with Crippen molar-refractivity contribution in [1.29, 1.82) is 0 Å². The summed E-state index contributed by atoms with van der Waals surface area (Å²) in [6, 6.07) is 9.45. The van der Waals surface area contributed by atoms with Gasteiger partial charge in [-0.05, 0) is 49.6 Å². The first-order valence-corrected chi connectivity index (χ1v) is 13.8. The molecular formula is C24H30BrF2N3O4S. The van der Waals surface area contributed by atoms with E-state index in [9.17, 15) is 26.8 Å². The van der Waals surface area contributed by atoms with Gasteiger partial charge in [0.2, 0.25) is 21.8 Å². The average Bonchev–Trinajstić information content (AvgIpc) is 2.80. The second-order valence-corrected chi connectivity index (χ2v) is 11.0. The highest BCUT2D eigenvalue weighted by Gasteiger charge is 2.26. The number of carbonyl (C=O) groups excluding carboxylic acids is 2. The predicted molar refractivity (Wildman–Crippen MR) is 135 cm³/mol. The molecule has 0 radical (unpaired) electrons. The minimum Gasteiger partial charge on any atom is -0.354 e. The number of hydrogen-bond acceptors (Lipinski definition) is 4. The molecule has 1 atom stereocenters. The Morgan fingerprint density at radius 2 is 1.74 bits per heavy atom. The van der Waals surface area contributed by atoms with E-state index in [4.69, 9.17) is 0 Å². The first-order valence-electron chi connectivity index (χ1n) is 11.2. The molecule has 0 fully saturated rings. The number of rotatable bonds is 12. The third kappa shape index (κ3) is 8.57. The van der Waals surface area contributed by atoms with Gasteiger partial charge in [-0.25, -0.2) is 17.2 Å². The van der Waals surface area contributed by atoms with E-state index in [1.54, 1.807) is 6.92 Å². The molecule has 1 N–H and O–H groups in total. The molecular weight excluding hydrogens is 544 g/mol. The van der Waals surface area contributed by atoms with Crippen LogP contribution >= 0.6 is 15.9 Å². The SMILES string of the molecule is CCCNC(=O)[C@H](C)N(Cc1ccc(Br)cc1)C(=O)CCCN(c1ccc(F)c(F)c1)S(C)(=O)=O. The summed E-state index contributed by atoms with van der Waals surface area (Å²) in [4.78, 5) is 27.2. The summed E-state index contributed by atoms with van der Waals surface area (Å²) in [5.74, 6) is -2.86. The van der Waals surface area contributed by atoms with Crippen LogP contribution in [0.1, 0.15) is 38.7 Å². The zero-order valence-corrected chi connectivity index (χ0v) is 22.3. The van der Waals surface area contributed by atoms with Crippen LogP contribution in [0.5, 0.6) is 0 Å². The third-order valence-corrected chi connectivity index (χ3v) is 7.05. The predicted octanol–water partition coefficient (Wildman–Crippen LogP) is 4.22.